The van der Waals surface area contributed by atoms with Crippen molar-refractivity contribution in [1.82, 2.24) is 10.2 Å². The number of aliphatic hydroxyl groups excluding tert-OH is 1. The van der Waals surface area contributed by atoms with E-state index in [-0.39, 0.29) is 35.6 Å². The van der Waals surface area contributed by atoms with Crippen LogP contribution in [-0.2, 0) is 14.4 Å². The molecule has 3 fully saturated rings. The summed E-state index contributed by atoms with van der Waals surface area (Å²) in [5.41, 5.74) is 0.658. The molecule has 3 N–H and O–H groups in total. The molecule has 3 saturated heterocycles. The largest absolute Gasteiger partial charge is 0.494 e. The summed E-state index contributed by atoms with van der Waals surface area (Å²) in [6, 6.07) is 6.61. The summed E-state index contributed by atoms with van der Waals surface area (Å²) in [5, 5.41) is 15.6. The van der Waals surface area contributed by atoms with E-state index in [1.54, 1.807) is 28.8 Å². The standard InChI is InChI=1S/C26H37N3O5S/c1-4-7-16(3)27-24(32)22-26-13-12-19(35-26)20(21(26)25(33)29(22)14-6-15-30)23(31)28-17-8-10-18(11-9-17)34-5-2/h8-11,16,19-22,30H,4-7,12-15H2,1-3H3,(H,27,32)(H,28,31)/t16?,19-,20+,21-,22?,26?/m0/s1. The SMILES string of the molecule is CCCC(C)NC(=O)C1N(CCCO)C(=O)[C@@H]2[C@H](C(=O)Nc3ccc(OCC)cc3)[C@@H]3CCC12S3. The van der Waals surface area contributed by atoms with Crippen molar-refractivity contribution < 1.29 is 24.2 Å². The van der Waals surface area contributed by atoms with Gasteiger partial charge in [-0.05, 0) is 63.8 Å². The minimum Gasteiger partial charge on any atom is -0.494 e. The van der Waals surface area contributed by atoms with Gasteiger partial charge in [0.05, 0.1) is 23.2 Å². The third-order valence-electron chi connectivity index (χ3n) is 7.45. The van der Waals surface area contributed by atoms with Crippen molar-refractivity contribution in [3.8, 4) is 5.75 Å². The van der Waals surface area contributed by atoms with Crippen molar-refractivity contribution in [1.29, 1.82) is 0 Å². The van der Waals surface area contributed by atoms with E-state index in [0.29, 0.717) is 25.3 Å². The lowest BCUT2D eigenvalue weighted by atomic mass is 9.70. The van der Waals surface area contributed by atoms with Crippen LogP contribution in [-0.4, -0.2) is 69.6 Å². The molecule has 3 amide bonds. The van der Waals surface area contributed by atoms with E-state index in [2.05, 4.69) is 17.6 Å². The maximum Gasteiger partial charge on any atom is 0.244 e. The number of rotatable bonds is 11. The van der Waals surface area contributed by atoms with E-state index in [0.717, 1.165) is 31.4 Å². The number of carbonyl (C=O) groups is 3. The summed E-state index contributed by atoms with van der Waals surface area (Å²) < 4.78 is 4.87. The van der Waals surface area contributed by atoms with Crippen LogP contribution >= 0.6 is 11.8 Å². The van der Waals surface area contributed by atoms with Crippen LogP contribution in [0.4, 0.5) is 5.69 Å². The minimum absolute atomic E-state index is 0.00926. The van der Waals surface area contributed by atoms with Gasteiger partial charge in [-0.15, -0.1) is 11.8 Å². The number of anilines is 1. The predicted molar refractivity (Wildman–Crippen MR) is 136 cm³/mol. The molecule has 3 heterocycles. The number of fused-ring (bicyclic) bond motifs is 1. The van der Waals surface area contributed by atoms with Crippen LogP contribution in [0, 0.1) is 11.8 Å². The van der Waals surface area contributed by atoms with Gasteiger partial charge in [-0.2, -0.15) is 0 Å². The molecule has 1 spiro atoms. The molecule has 9 heteroatoms. The van der Waals surface area contributed by atoms with E-state index < -0.39 is 22.6 Å². The van der Waals surface area contributed by atoms with Gasteiger partial charge in [-0.25, -0.2) is 0 Å². The van der Waals surface area contributed by atoms with Crippen LogP contribution in [0.1, 0.15) is 52.9 Å². The first-order valence-corrected chi connectivity index (χ1v) is 13.7. The monoisotopic (exact) mass is 503 g/mol. The second-order valence-electron chi connectivity index (χ2n) is 9.81. The van der Waals surface area contributed by atoms with Gasteiger partial charge in [0.2, 0.25) is 17.7 Å². The highest BCUT2D eigenvalue weighted by atomic mass is 32.2. The van der Waals surface area contributed by atoms with E-state index in [1.165, 1.54) is 0 Å². The molecule has 0 aromatic heterocycles. The summed E-state index contributed by atoms with van der Waals surface area (Å²) in [7, 11) is 0. The number of aliphatic hydroxyl groups is 1. The molecule has 3 aliphatic rings. The highest BCUT2D eigenvalue weighted by Crippen LogP contribution is 2.66. The van der Waals surface area contributed by atoms with Crippen molar-refractivity contribution in [2.45, 2.75) is 75.0 Å². The Morgan fingerprint density at radius 3 is 2.66 bits per heavy atom. The number of ether oxygens (including phenoxy) is 1. The normalized spacial score (nSPS) is 29.7. The third kappa shape index (κ3) is 4.77. The number of nitrogens with one attached hydrogen (secondary N) is 2. The van der Waals surface area contributed by atoms with Crippen LogP contribution in [0.25, 0.3) is 0 Å². The fraction of sp³-hybridized carbons (Fsp3) is 0.654. The fourth-order valence-electron chi connectivity index (χ4n) is 6.09. The zero-order chi connectivity index (χ0) is 25.2. The predicted octanol–water partition coefficient (Wildman–Crippen LogP) is 2.80. The van der Waals surface area contributed by atoms with Gasteiger partial charge in [0.25, 0.3) is 0 Å². The zero-order valence-corrected chi connectivity index (χ0v) is 21.6. The van der Waals surface area contributed by atoms with Crippen LogP contribution in [0.15, 0.2) is 24.3 Å². The summed E-state index contributed by atoms with van der Waals surface area (Å²) >= 11 is 1.66. The molecule has 3 unspecified atom stereocenters. The number of nitrogens with zero attached hydrogens (tertiary/aromatic N) is 1. The fourth-order valence-corrected chi connectivity index (χ4v) is 8.31. The smallest absolute Gasteiger partial charge is 0.244 e. The van der Waals surface area contributed by atoms with Gasteiger partial charge < -0.3 is 25.4 Å². The number of benzene rings is 1. The summed E-state index contributed by atoms with van der Waals surface area (Å²) in [6.45, 7) is 6.80. The average molecular weight is 504 g/mol. The number of amides is 3. The number of hydrogen-bond acceptors (Lipinski definition) is 6. The van der Waals surface area contributed by atoms with Gasteiger partial charge in [0.15, 0.2) is 0 Å². The Morgan fingerprint density at radius 2 is 2.00 bits per heavy atom. The Balaban J connectivity index is 1.58. The molecule has 4 rings (SSSR count). The quantitative estimate of drug-likeness (QED) is 0.429. The highest BCUT2D eigenvalue weighted by molar-refractivity contribution is 8.02. The minimum atomic E-state index is -0.621. The first-order valence-electron chi connectivity index (χ1n) is 12.8. The lowest BCUT2D eigenvalue weighted by Crippen LogP contribution is -2.55. The Hall–Kier alpha value is -2.26. The molecule has 6 atom stereocenters. The zero-order valence-electron chi connectivity index (χ0n) is 20.8. The Bertz CT molecular complexity index is 941. The number of thioether (sulfide) groups is 1. The van der Waals surface area contributed by atoms with E-state index in [4.69, 9.17) is 4.74 Å². The van der Waals surface area contributed by atoms with Gasteiger partial charge in [0.1, 0.15) is 11.8 Å². The molecule has 1 aromatic rings. The van der Waals surface area contributed by atoms with E-state index in [1.807, 2.05) is 26.0 Å². The molecule has 0 aliphatic carbocycles. The first kappa shape index (κ1) is 25.8. The van der Waals surface area contributed by atoms with Gasteiger partial charge >= 0.3 is 0 Å². The van der Waals surface area contributed by atoms with Gasteiger partial charge in [-0.3, -0.25) is 14.4 Å². The molecule has 0 saturated carbocycles. The van der Waals surface area contributed by atoms with Crippen molar-refractivity contribution in [3.05, 3.63) is 24.3 Å². The molecular weight excluding hydrogens is 466 g/mol. The molecule has 0 radical (unpaired) electrons. The van der Waals surface area contributed by atoms with E-state index in [9.17, 15) is 19.5 Å². The molecule has 3 aliphatic heterocycles. The number of likely N-dealkylation sites (tertiary alicyclic amines) is 1. The molecular formula is C26H37N3O5S. The van der Waals surface area contributed by atoms with Crippen LogP contribution in [0.5, 0.6) is 5.75 Å². The third-order valence-corrected chi connectivity index (χ3v) is 9.40. The van der Waals surface area contributed by atoms with Gasteiger partial charge in [0, 0.05) is 30.1 Å². The van der Waals surface area contributed by atoms with E-state index >= 15 is 0 Å². The maximum atomic E-state index is 13.7. The Labute approximate surface area is 211 Å². The first-order chi connectivity index (χ1) is 16.9. The van der Waals surface area contributed by atoms with Crippen molar-refractivity contribution >= 4 is 35.2 Å². The van der Waals surface area contributed by atoms with Crippen LogP contribution in [0.3, 0.4) is 0 Å². The molecule has 2 bridgehead atoms. The summed E-state index contributed by atoms with van der Waals surface area (Å²) in [6.07, 6.45) is 3.76. The molecule has 8 nitrogen and oxygen atoms in total. The Kier molecular flexibility index (Phi) is 7.96. The molecule has 35 heavy (non-hydrogen) atoms. The van der Waals surface area contributed by atoms with Crippen LogP contribution < -0.4 is 15.4 Å². The lowest BCUT2D eigenvalue weighted by Gasteiger charge is -2.34. The van der Waals surface area contributed by atoms with Crippen molar-refractivity contribution in [2.24, 2.45) is 11.8 Å². The van der Waals surface area contributed by atoms with Crippen molar-refractivity contribution in [3.63, 3.8) is 0 Å². The van der Waals surface area contributed by atoms with Crippen molar-refractivity contribution in [2.75, 3.05) is 25.1 Å². The molecule has 1 aromatic carbocycles. The Morgan fingerprint density at radius 1 is 1.26 bits per heavy atom. The second kappa shape index (κ2) is 10.8. The average Bonchev–Trinajstić information content (AvgIpc) is 3.46. The number of carbonyl (C=O) groups excluding carboxylic acids is 3. The van der Waals surface area contributed by atoms with Gasteiger partial charge in [-0.1, -0.05) is 13.3 Å². The molecule has 192 valence electrons. The van der Waals surface area contributed by atoms with Crippen LogP contribution in [0.2, 0.25) is 0 Å². The maximum absolute atomic E-state index is 13.7. The number of hydrogen-bond donors (Lipinski definition) is 3. The highest BCUT2D eigenvalue weighted by Gasteiger charge is 2.73. The topological polar surface area (TPSA) is 108 Å². The second-order valence-corrected chi connectivity index (χ2v) is 11.4. The summed E-state index contributed by atoms with van der Waals surface area (Å²) in [5.74, 6) is -0.741. The lowest BCUT2D eigenvalue weighted by molar-refractivity contribution is -0.139. The summed E-state index contributed by atoms with van der Waals surface area (Å²) in [4.78, 5) is 42.4.